The first kappa shape index (κ1) is 19.8. The first-order valence-electron chi connectivity index (χ1n) is 9.72. The van der Waals surface area contributed by atoms with Crippen molar-refractivity contribution in [1.29, 1.82) is 0 Å². The van der Waals surface area contributed by atoms with E-state index in [9.17, 15) is 18.5 Å². The molecule has 1 atom stereocenters. The Kier molecular flexibility index (Phi) is 6.14. The molecule has 0 saturated heterocycles. The molecule has 2 fully saturated rings. The molecule has 27 heavy (non-hydrogen) atoms. The Balaban J connectivity index is 1.80. The Hall–Kier alpha value is -1.96. The summed E-state index contributed by atoms with van der Waals surface area (Å²) in [6.45, 7) is 1.58. The lowest BCUT2D eigenvalue weighted by molar-refractivity contribution is -0.385. The van der Waals surface area contributed by atoms with Crippen LogP contribution in [0.5, 0.6) is 0 Å². The fraction of sp³-hybridized carbons (Fsp3) is 0.632. The van der Waals surface area contributed by atoms with Crippen LogP contribution >= 0.6 is 0 Å². The maximum atomic E-state index is 12.6. The topological polar surface area (TPSA) is 102 Å². The molecule has 2 saturated carbocycles. The standard InChI is InChI=1S/C19H27N3O4S/c1-14-11-12-16(13-19(14)22(23)24)27(25,26)21-20-18-10-6-5-9-17(18)15-7-3-2-4-8-15/h11-13,15,17,21H,2-10H2,1H3/b20-18-. The zero-order valence-corrected chi connectivity index (χ0v) is 16.5. The van der Waals surface area contributed by atoms with E-state index in [4.69, 9.17) is 0 Å². The number of hydrogen-bond donors (Lipinski definition) is 1. The molecule has 0 radical (unpaired) electrons. The van der Waals surface area contributed by atoms with Gasteiger partial charge in [-0.25, -0.2) is 4.83 Å². The van der Waals surface area contributed by atoms with Crippen LogP contribution in [-0.4, -0.2) is 19.1 Å². The van der Waals surface area contributed by atoms with Gasteiger partial charge in [0.05, 0.1) is 9.82 Å². The highest BCUT2D eigenvalue weighted by molar-refractivity contribution is 7.89. The van der Waals surface area contributed by atoms with Crippen LogP contribution in [0.4, 0.5) is 5.69 Å². The number of nitrogens with one attached hydrogen (secondary N) is 1. The average Bonchev–Trinajstić information content (AvgIpc) is 2.67. The minimum absolute atomic E-state index is 0.130. The molecule has 2 aliphatic carbocycles. The number of hydrazone groups is 1. The van der Waals surface area contributed by atoms with Crippen LogP contribution in [-0.2, 0) is 10.0 Å². The van der Waals surface area contributed by atoms with Crippen molar-refractivity contribution in [2.24, 2.45) is 16.9 Å². The van der Waals surface area contributed by atoms with Crippen LogP contribution in [0.2, 0.25) is 0 Å². The van der Waals surface area contributed by atoms with Gasteiger partial charge in [0.15, 0.2) is 0 Å². The molecule has 8 heteroatoms. The Bertz CT molecular complexity index is 829. The summed E-state index contributed by atoms with van der Waals surface area (Å²) in [5.41, 5.74) is 1.16. The van der Waals surface area contributed by atoms with E-state index in [1.54, 1.807) is 6.92 Å². The molecule has 0 bridgehead atoms. The zero-order valence-electron chi connectivity index (χ0n) is 15.7. The van der Waals surface area contributed by atoms with Gasteiger partial charge >= 0.3 is 0 Å². The minimum Gasteiger partial charge on any atom is -0.258 e. The second-order valence-corrected chi connectivity index (χ2v) is 9.31. The lowest BCUT2D eigenvalue weighted by Gasteiger charge is -2.33. The molecular formula is C19H27N3O4S. The monoisotopic (exact) mass is 393 g/mol. The molecule has 0 spiro atoms. The van der Waals surface area contributed by atoms with E-state index in [1.165, 1.54) is 44.2 Å². The van der Waals surface area contributed by atoms with Crippen molar-refractivity contribution in [3.05, 3.63) is 33.9 Å². The first-order chi connectivity index (χ1) is 12.9. The highest BCUT2D eigenvalue weighted by atomic mass is 32.2. The van der Waals surface area contributed by atoms with E-state index < -0.39 is 14.9 Å². The summed E-state index contributed by atoms with van der Waals surface area (Å²) in [5.74, 6) is 0.955. The van der Waals surface area contributed by atoms with Gasteiger partial charge in [0.25, 0.3) is 15.7 Å². The number of sulfonamides is 1. The molecule has 0 heterocycles. The first-order valence-corrected chi connectivity index (χ1v) is 11.2. The number of aryl methyl sites for hydroxylation is 1. The molecular weight excluding hydrogens is 366 g/mol. The average molecular weight is 394 g/mol. The Morgan fingerprint density at radius 3 is 2.52 bits per heavy atom. The largest absolute Gasteiger partial charge is 0.276 e. The van der Waals surface area contributed by atoms with E-state index in [0.29, 0.717) is 17.4 Å². The summed E-state index contributed by atoms with van der Waals surface area (Å²) in [6, 6.07) is 3.92. The third-order valence-corrected chi connectivity index (χ3v) is 7.05. The van der Waals surface area contributed by atoms with E-state index in [2.05, 4.69) is 9.93 Å². The van der Waals surface area contributed by atoms with Gasteiger partial charge in [-0.3, -0.25) is 10.1 Å². The number of benzene rings is 1. The fourth-order valence-corrected chi connectivity index (χ4v) is 5.19. The van der Waals surface area contributed by atoms with Crippen molar-refractivity contribution in [1.82, 2.24) is 4.83 Å². The van der Waals surface area contributed by atoms with Crippen molar-refractivity contribution in [2.45, 2.75) is 69.6 Å². The number of hydrogen-bond acceptors (Lipinski definition) is 5. The van der Waals surface area contributed by atoms with E-state index in [-0.39, 0.29) is 10.6 Å². The summed E-state index contributed by atoms with van der Waals surface area (Å²) in [7, 11) is -3.93. The maximum absolute atomic E-state index is 12.6. The van der Waals surface area contributed by atoms with Crippen LogP contribution in [0.1, 0.15) is 63.4 Å². The van der Waals surface area contributed by atoms with Gasteiger partial charge in [-0.1, -0.05) is 31.7 Å². The zero-order chi connectivity index (χ0) is 19.4. The predicted octanol–water partition coefficient (Wildman–Crippen LogP) is 4.31. The van der Waals surface area contributed by atoms with Crippen molar-refractivity contribution in [3.63, 3.8) is 0 Å². The van der Waals surface area contributed by atoms with Gasteiger partial charge in [0.2, 0.25) is 0 Å². The summed E-state index contributed by atoms with van der Waals surface area (Å²) < 4.78 is 25.2. The number of rotatable bonds is 5. The molecule has 3 rings (SSSR count). The molecule has 148 valence electrons. The smallest absolute Gasteiger partial charge is 0.258 e. The van der Waals surface area contributed by atoms with E-state index in [0.717, 1.165) is 37.5 Å². The van der Waals surface area contributed by atoms with Gasteiger partial charge in [-0.15, -0.1) is 0 Å². The van der Waals surface area contributed by atoms with Gasteiger partial charge in [0.1, 0.15) is 0 Å². The van der Waals surface area contributed by atoms with Crippen LogP contribution < -0.4 is 4.83 Å². The quantitative estimate of drug-likeness (QED) is 0.595. The van der Waals surface area contributed by atoms with Crippen LogP contribution in [0.15, 0.2) is 28.2 Å². The molecule has 1 N–H and O–H groups in total. The Labute approximate surface area is 160 Å². The SMILES string of the molecule is Cc1ccc(S(=O)(=O)N/N=C2/CCCCC2C2CCCCC2)cc1[N+](=O)[O-]. The second kappa shape index (κ2) is 8.37. The van der Waals surface area contributed by atoms with Crippen molar-refractivity contribution < 1.29 is 13.3 Å². The molecule has 0 aliphatic heterocycles. The third-order valence-electron chi connectivity index (χ3n) is 5.84. The summed E-state index contributed by atoms with van der Waals surface area (Å²) >= 11 is 0. The molecule has 1 unspecified atom stereocenters. The molecule has 1 aromatic rings. The minimum atomic E-state index is -3.93. The van der Waals surface area contributed by atoms with Crippen molar-refractivity contribution in [2.75, 3.05) is 0 Å². The Morgan fingerprint density at radius 1 is 1.11 bits per heavy atom. The van der Waals surface area contributed by atoms with Crippen molar-refractivity contribution in [3.8, 4) is 0 Å². The van der Waals surface area contributed by atoms with E-state index in [1.807, 2.05) is 0 Å². The summed E-state index contributed by atoms with van der Waals surface area (Å²) in [5, 5.41) is 15.4. The lowest BCUT2D eigenvalue weighted by atomic mass is 9.72. The maximum Gasteiger partial charge on any atom is 0.276 e. The second-order valence-electron chi connectivity index (χ2n) is 7.65. The molecule has 7 nitrogen and oxygen atoms in total. The summed E-state index contributed by atoms with van der Waals surface area (Å²) in [6.07, 6.45) is 10.2. The molecule has 1 aromatic carbocycles. The van der Waals surface area contributed by atoms with Gasteiger partial charge < -0.3 is 0 Å². The van der Waals surface area contributed by atoms with E-state index >= 15 is 0 Å². The highest BCUT2D eigenvalue weighted by Crippen LogP contribution is 2.37. The lowest BCUT2D eigenvalue weighted by Crippen LogP contribution is -2.31. The molecule has 2 aliphatic rings. The number of nitro benzene ring substituents is 1. The number of nitrogens with zero attached hydrogens (tertiary/aromatic N) is 2. The Morgan fingerprint density at radius 2 is 1.81 bits per heavy atom. The van der Waals surface area contributed by atoms with Gasteiger partial charge in [0, 0.05) is 23.3 Å². The van der Waals surface area contributed by atoms with Crippen LogP contribution in [0.25, 0.3) is 0 Å². The molecule has 0 aromatic heterocycles. The molecule has 0 amide bonds. The van der Waals surface area contributed by atoms with Crippen molar-refractivity contribution >= 4 is 21.4 Å². The van der Waals surface area contributed by atoms with Crippen LogP contribution in [0, 0.1) is 28.9 Å². The summed E-state index contributed by atoms with van der Waals surface area (Å²) in [4.78, 5) is 12.7. The predicted molar refractivity (Wildman–Crippen MR) is 104 cm³/mol. The normalized spacial score (nSPS) is 23.3. The highest BCUT2D eigenvalue weighted by Gasteiger charge is 2.30. The van der Waals surface area contributed by atoms with Gasteiger partial charge in [-0.2, -0.15) is 13.5 Å². The number of nitro groups is 1. The fourth-order valence-electron chi connectivity index (χ4n) is 4.33. The van der Waals surface area contributed by atoms with Crippen LogP contribution in [0.3, 0.4) is 0 Å². The third kappa shape index (κ3) is 4.66. The van der Waals surface area contributed by atoms with Gasteiger partial charge in [-0.05, 0) is 51.0 Å².